The van der Waals surface area contributed by atoms with Crippen LogP contribution in [0.1, 0.15) is 361 Å². The maximum absolute atomic E-state index is 7.49. The van der Waals surface area contributed by atoms with Crippen molar-refractivity contribution >= 4 is 0 Å². The van der Waals surface area contributed by atoms with Crippen molar-refractivity contribution in [2.45, 2.75) is 352 Å². The second kappa shape index (κ2) is 30.9. The van der Waals surface area contributed by atoms with Crippen LogP contribution < -0.4 is 0 Å². The van der Waals surface area contributed by atoms with Crippen LogP contribution in [0.4, 0.5) is 0 Å². The first-order chi connectivity index (χ1) is 32.4. The molecule has 0 N–H and O–H groups in total. The Balaban J connectivity index is 0.000000841. The Morgan fingerprint density at radius 3 is 0.955 bits per heavy atom. The molecule has 7 aliphatic rings. The monoisotopic (exact) mass is 947 g/mol. The van der Waals surface area contributed by atoms with E-state index in [9.17, 15) is 0 Å². The average Bonchev–Trinajstić information content (AvgIpc) is 3.82. The largest absolute Gasteiger partial charge is 0.0651 e. The van der Waals surface area contributed by atoms with Crippen LogP contribution in [-0.2, 0) is 0 Å². The molecule has 67 heavy (non-hydrogen) atoms. The van der Waals surface area contributed by atoms with Crippen LogP contribution in [-0.4, -0.2) is 0 Å². The summed E-state index contributed by atoms with van der Waals surface area (Å²) in [6.45, 7) is 51.1. The van der Waals surface area contributed by atoms with Crippen LogP contribution in [0.25, 0.3) is 0 Å². The molecule has 0 heterocycles. The van der Waals surface area contributed by atoms with E-state index in [1.165, 1.54) is 135 Å². The van der Waals surface area contributed by atoms with E-state index < -0.39 is 12.7 Å². The Morgan fingerprint density at radius 2 is 0.716 bits per heavy atom. The SMILES string of the molecule is CC(C)(C)C.CC1CCC2(CC1)CC(C)(C)CC(C)(C)C2.CC1CCC2(CC1)CCC(C)(C)CC2.CC1CCC2(CCCC2)CC1.[2H]C(C)(C)C.[2H]C([2H])(C)C(C)(C)C.[2H]C([2H])(C)C(C)C.[2H]C1(C)CCCC1. The van der Waals surface area contributed by atoms with Gasteiger partial charge in [0, 0.05) is 8.22 Å². The summed E-state index contributed by atoms with van der Waals surface area (Å²) in [6, 6.07) is 0. The molecule has 0 radical (unpaired) electrons. The third kappa shape index (κ3) is 34.1. The maximum Gasteiger partial charge on any atom is 0.0300 e. The van der Waals surface area contributed by atoms with Gasteiger partial charge >= 0.3 is 0 Å². The highest BCUT2D eigenvalue weighted by molar-refractivity contribution is 4.99. The minimum absolute atomic E-state index is 0.0556. The molecule has 3 spiro atoms. The van der Waals surface area contributed by atoms with Crippen LogP contribution in [0.5, 0.6) is 0 Å². The smallest absolute Gasteiger partial charge is 0.0300 e. The van der Waals surface area contributed by atoms with Crippen LogP contribution in [0, 0.1) is 78.8 Å². The highest BCUT2D eigenvalue weighted by atomic mass is 14.5. The van der Waals surface area contributed by atoms with Crippen molar-refractivity contribution in [2.75, 3.05) is 0 Å². The van der Waals surface area contributed by atoms with Gasteiger partial charge in [-0.05, 0) is 175 Å². The van der Waals surface area contributed by atoms with E-state index in [-0.39, 0.29) is 23.1 Å². The van der Waals surface area contributed by atoms with Gasteiger partial charge in [0.15, 0.2) is 0 Å². The Bertz CT molecular complexity index is 1360. The zero-order valence-corrected chi connectivity index (χ0v) is 51.4. The van der Waals surface area contributed by atoms with E-state index in [2.05, 4.69) is 90.0 Å². The number of rotatable bonds is 1. The van der Waals surface area contributed by atoms with Crippen molar-refractivity contribution in [3.8, 4) is 0 Å². The Labute approximate surface area is 437 Å². The molecule has 0 aromatic rings. The third-order valence-corrected chi connectivity index (χ3v) is 16.8. The normalized spacial score (nSPS) is 27.5. The summed E-state index contributed by atoms with van der Waals surface area (Å²) in [4.78, 5) is 0. The van der Waals surface area contributed by atoms with E-state index >= 15 is 0 Å². The lowest BCUT2D eigenvalue weighted by atomic mass is 9.51. The number of hydrogen-bond acceptors (Lipinski definition) is 0. The van der Waals surface area contributed by atoms with E-state index in [1.807, 2.05) is 62.3 Å². The molecular weight excluding hydrogens is 805 g/mol. The Kier molecular flexibility index (Phi) is 26.0. The second-order valence-corrected chi connectivity index (χ2v) is 30.9. The average molecular weight is 948 g/mol. The minimum Gasteiger partial charge on any atom is -0.0651 e. The van der Waals surface area contributed by atoms with Crippen LogP contribution in [0.2, 0.25) is 0 Å². The quantitative estimate of drug-likeness (QED) is 0.246. The first kappa shape index (κ1) is 56.3. The minimum atomic E-state index is -1.06. The van der Waals surface area contributed by atoms with E-state index in [4.69, 9.17) is 8.22 Å². The molecule has 0 bridgehead atoms. The predicted molar refractivity (Wildman–Crippen MR) is 310 cm³/mol. The molecule has 0 heteroatoms. The van der Waals surface area contributed by atoms with Crippen molar-refractivity contribution in [1.29, 1.82) is 0 Å². The van der Waals surface area contributed by atoms with Gasteiger partial charge in [0.25, 0.3) is 0 Å². The highest BCUT2D eigenvalue weighted by Crippen LogP contribution is 2.60. The summed E-state index contributed by atoms with van der Waals surface area (Å²) in [6.07, 6.45) is 37.4. The second-order valence-electron chi connectivity index (χ2n) is 30.9. The Hall–Kier alpha value is 0. The van der Waals surface area contributed by atoms with Crippen molar-refractivity contribution in [3.05, 3.63) is 0 Å². The molecule has 7 fully saturated rings. The lowest BCUT2D eigenvalue weighted by Gasteiger charge is -2.54. The first-order valence-electron chi connectivity index (χ1n) is 32.4. The van der Waals surface area contributed by atoms with Gasteiger partial charge in [-0.2, -0.15) is 0 Å². The number of hydrogen-bond donors (Lipinski definition) is 0. The van der Waals surface area contributed by atoms with Gasteiger partial charge in [-0.15, -0.1) is 0 Å². The topological polar surface area (TPSA) is 0 Å². The van der Waals surface area contributed by atoms with Gasteiger partial charge in [-0.25, -0.2) is 0 Å². The van der Waals surface area contributed by atoms with Crippen molar-refractivity contribution in [2.24, 2.45) is 78.8 Å². The molecular formula is C67H136. The van der Waals surface area contributed by atoms with Gasteiger partial charge in [-0.1, -0.05) is 256 Å². The van der Waals surface area contributed by atoms with Crippen molar-refractivity contribution in [3.63, 3.8) is 0 Å². The summed E-state index contributed by atoms with van der Waals surface area (Å²) in [5, 5.41) is 0. The Morgan fingerprint density at radius 1 is 0.448 bits per heavy atom. The fourth-order valence-electron chi connectivity index (χ4n) is 12.6. The lowest BCUT2D eigenvalue weighted by molar-refractivity contribution is -0.0321. The molecule has 7 aliphatic carbocycles. The van der Waals surface area contributed by atoms with Gasteiger partial charge < -0.3 is 0 Å². The fraction of sp³-hybridized carbons (Fsp3) is 1.00. The zero-order valence-electron chi connectivity index (χ0n) is 57.4. The van der Waals surface area contributed by atoms with Crippen molar-refractivity contribution < 1.29 is 8.22 Å². The summed E-state index contributed by atoms with van der Waals surface area (Å²) < 4.78 is 43.0. The molecule has 7 rings (SSSR count). The van der Waals surface area contributed by atoms with Crippen molar-refractivity contribution in [1.82, 2.24) is 0 Å². The molecule has 0 saturated heterocycles. The maximum atomic E-state index is 7.49. The van der Waals surface area contributed by atoms with Crippen LogP contribution in [0.15, 0.2) is 0 Å². The molecule has 0 atom stereocenters. The summed E-state index contributed by atoms with van der Waals surface area (Å²) in [7, 11) is 0. The molecule has 7 saturated carbocycles. The molecule has 0 amide bonds. The van der Waals surface area contributed by atoms with Gasteiger partial charge in [0.1, 0.15) is 0 Å². The van der Waals surface area contributed by atoms with Gasteiger partial charge in [-0.3, -0.25) is 0 Å². The summed E-state index contributed by atoms with van der Waals surface area (Å²) >= 11 is 0. The third-order valence-electron chi connectivity index (χ3n) is 16.8. The van der Waals surface area contributed by atoms with Crippen LogP contribution in [0.3, 0.4) is 0 Å². The predicted octanol–water partition coefficient (Wildman–Crippen LogP) is 24.4. The standard InChI is InChI=1S/C16H30.C14H26.C11H20.C6H12.C6H14.2C5H12.C4H10/c1-13-6-8-16(9-7-13)11-14(2,3)10-15(4,5)12-16;1-12-4-6-14(7-5-12)10-8-13(2,3)9-11-14;1-10-4-8-11(9-5-10)6-2-3-7-11;1-6-4-2-3-5-6;1-5-6(2,3)4;1-5(2,3)4;1-4-5(2)3;1-4(2)3/h13H,6-12H2,1-5H3;12H,4-11H2,1-3H3;10H,2-9H2,1H3;6H,2-5H2,1H3;5H2,1-4H3;1-4H3;5H,4H2,1-3H3;4H,1-3H3/i;;;6D;5D2;;4D2;4D. The summed E-state index contributed by atoms with van der Waals surface area (Å²) in [5.41, 5.74) is 4.41. The zero-order chi connectivity index (χ0) is 57.4. The molecule has 404 valence electrons. The van der Waals surface area contributed by atoms with E-state index in [0.717, 1.165) is 41.4 Å². The molecule has 0 aliphatic heterocycles. The molecule has 0 aromatic heterocycles. The van der Waals surface area contributed by atoms with Gasteiger partial charge in [0.05, 0.1) is 0 Å². The molecule has 0 unspecified atom stereocenters. The molecule has 0 nitrogen and oxygen atoms in total. The molecule has 0 aromatic carbocycles. The van der Waals surface area contributed by atoms with E-state index in [1.54, 1.807) is 39.5 Å². The fourth-order valence-corrected chi connectivity index (χ4v) is 12.6. The lowest BCUT2D eigenvalue weighted by Crippen LogP contribution is -2.43. The summed E-state index contributed by atoms with van der Waals surface area (Å²) in [5.74, 6) is 2.85. The van der Waals surface area contributed by atoms with Crippen LogP contribution >= 0.6 is 0 Å². The first-order valence-corrected chi connectivity index (χ1v) is 29.4. The van der Waals surface area contributed by atoms with Gasteiger partial charge in [0.2, 0.25) is 0 Å². The van der Waals surface area contributed by atoms with E-state index in [0.29, 0.717) is 27.1 Å². The highest BCUT2D eigenvalue weighted by Gasteiger charge is 2.48.